The minimum atomic E-state index is -4.95. The van der Waals surface area contributed by atoms with Crippen LogP contribution in [0.1, 0.15) is 380 Å². The summed E-state index contributed by atoms with van der Waals surface area (Å²) in [6.07, 6.45) is 113. The Labute approximate surface area is 701 Å². The van der Waals surface area contributed by atoms with Crippen LogP contribution in [0, 0.1) is 0 Å². The second kappa shape index (κ2) is 88.5. The molecule has 18 heteroatoms. The second-order valence-electron chi connectivity index (χ2n) is 30.4. The van der Waals surface area contributed by atoms with Gasteiger partial charge in [0.2, 0.25) is 0 Å². The van der Waals surface area contributed by atoms with Crippen LogP contribution in [0.3, 0.4) is 0 Å². The Morgan fingerprint density at radius 1 is 0.252 bits per heavy atom. The fourth-order valence-corrected chi connectivity index (χ4v) is 13.9. The van der Waals surface area contributed by atoms with E-state index in [1.807, 2.05) is 0 Å². The number of aliphatic hydroxyl groups excluding tert-OH is 2. The van der Waals surface area contributed by atoms with E-state index in [1.165, 1.54) is 154 Å². The van der Waals surface area contributed by atoms with E-state index in [0.717, 1.165) is 167 Å². The van der Waals surface area contributed by atoms with Gasteiger partial charge in [-0.2, -0.15) is 0 Å². The third-order valence-electron chi connectivity index (χ3n) is 19.2. The zero-order valence-electron chi connectivity index (χ0n) is 72.7. The summed E-state index contributed by atoms with van der Waals surface area (Å²) in [7, 11) is -9.81. The first-order valence-corrected chi connectivity index (χ1v) is 48.8. The van der Waals surface area contributed by atoms with Gasteiger partial charge in [-0.05, 0) is 154 Å². The van der Waals surface area contributed by atoms with Gasteiger partial charge in [-0.3, -0.25) is 32.5 Å². The number of phosphoric acid groups is 2. The molecule has 0 aliphatic carbocycles. The van der Waals surface area contributed by atoms with Crippen LogP contribution in [-0.4, -0.2) is 95.9 Å². The van der Waals surface area contributed by atoms with Crippen LogP contribution in [0.5, 0.6) is 0 Å². The third-order valence-corrected chi connectivity index (χ3v) is 21.1. The SMILES string of the molecule is CC/C=C\C/C=C\C/C=C\C/C=C\C/C=C\C/C=C\CCCCCCCCCCCCCCCCCCC(=O)OCC(O)COP(=O)(O)OCC(O)COP(=O)(O)OCC(COC(=O)CCCCCCCCCCC/C=C\C/C=C\C/C=C\C/C=C\CCCCC)OC(=O)CCCCCCCC/C=C\C/C=C\C/C=C\CCCCC. The van der Waals surface area contributed by atoms with Crippen molar-refractivity contribution in [2.45, 2.75) is 399 Å². The molecule has 0 amide bonds. The van der Waals surface area contributed by atoms with E-state index in [1.54, 1.807) is 0 Å². The van der Waals surface area contributed by atoms with Gasteiger partial charge < -0.3 is 34.2 Å². The fraction of sp³-hybridized carbons (Fsp3) is 0.701. The number of phosphoric ester groups is 2. The molecule has 0 saturated heterocycles. The quantitative estimate of drug-likeness (QED) is 0.0146. The summed E-state index contributed by atoms with van der Waals surface area (Å²) >= 11 is 0. The summed E-state index contributed by atoms with van der Waals surface area (Å²) < 4.78 is 61.4. The maximum absolute atomic E-state index is 13.0. The van der Waals surface area contributed by atoms with Gasteiger partial charge in [-0.1, -0.05) is 365 Å². The molecule has 16 nitrogen and oxygen atoms in total. The molecule has 0 rings (SSSR count). The summed E-state index contributed by atoms with van der Waals surface area (Å²) in [5.74, 6) is -1.59. The molecule has 0 fully saturated rings. The Morgan fingerprint density at radius 2 is 0.461 bits per heavy atom. The Balaban J connectivity index is 4.52. The van der Waals surface area contributed by atoms with Crippen LogP contribution in [0.4, 0.5) is 0 Å². The number of aliphatic hydroxyl groups is 2. The Morgan fingerprint density at radius 3 is 0.730 bits per heavy atom. The summed E-state index contributed by atoms with van der Waals surface area (Å²) in [4.78, 5) is 58.9. The molecule has 5 unspecified atom stereocenters. The van der Waals surface area contributed by atoms with Gasteiger partial charge in [0, 0.05) is 19.3 Å². The first-order chi connectivity index (χ1) is 56.2. The van der Waals surface area contributed by atoms with Crippen LogP contribution in [0.25, 0.3) is 0 Å². The van der Waals surface area contributed by atoms with Crippen molar-refractivity contribution in [3.05, 3.63) is 158 Å². The van der Waals surface area contributed by atoms with Gasteiger partial charge in [-0.25, -0.2) is 9.13 Å². The van der Waals surface area contributed by atoms with Crippen molar-refractivity contribution in [3.63, 3.8) is 0 Å². The van der Waals surface area contributed by atoms with Crippen LogP contribution in [0.15, 0.2) is 158 Å². The van der Waals surface area contributed by atoms with Crippen LogP contribution >= 0.6 is 15.6 Å². The van der Waals surface area contributed by atoms with Crippen molar-refractivity contribution < 1.29 is 75.8 Å². The number of carbonyl (C=O) groups excluding carboxylic acids is 3. The Kier molecular flexibility index (Phi) is 84.7. The summed E-state index contributed by atoms with van der Waals surface area (Å²) in [6, 6.07) is 0. The topological polar surface area (TPSA) is 231 Å². The standard InChI is InChI=1S/C97H166O16P2/c1-4-7-10-13-16-19-22-25-28-31-34-36-38-40-41-42-43-44-45-46-47-48-49-51-53-54-57-59-62-65-68-71-74-77-80-83-95(100)107-86-92(98)87-109-114(103,104)110-88-93(99)89-111-115(105,106)112-91-94(113-97(102)85-82-79-76-73-70-67-64-61-56-33-30-27-24-21-18-15-12-9-6-3)90-108-96(101)84-81-78-75-72-69-66-63-60-58-55-52-50-39-37-35-32-29-26-23-20-17-14-11-8-5-2/h7,10,16-21,25-30,34-37,40-41,43-44,50,52,56,61,92-94,98-99H,4-6,8-9,11-15,22-24,31-33,38-39,42,45-49,51,53-55,57-60,62-91H2,1-3H3,(H,103,104)(H,105,106)/b10-7-,19-16-,20-17-,21-18-,28-25-,29-26-,30-27-,36-34-,37-35-,41-40-,44-43-,52-50-,61-56-. The lowest BCUT2D eigenvalue weighted by Gasteiger charge is -2.21. The number of carbonyl (C=O) groups is 3. The van der Waals surface area contributed by atoms with Gasteiger partial charge in [0.1, 0.15) is 25.4 Å². The van der Waals surface area contributed by atoms with E-state index >= 15 is 0 Å². The maximum atomic E-state index is 13.0. The van der Waals surface area contributed by atoms with Crippen LogP contribution in [-0.2, 0) is 55.8 Å². The van der Waals surface area contributed by atoms with Crippen molar-refractivity contribution in [1.29, 1.82) is 0 Å². The van der Waals surface area contributed by atoms with Crippen molar-refractivity contribution in [2.75, 3.05) is 39.6 Å². The van der Waals surface area contributed by atoms with Gasteiger partial charge in [-0.15, -0.1) is 0 Å². The lowest BCUT2D eigenvalue weighted by Crippen LogP contribution is -2.30. The molecule has 4 N–H and O–H groups in total. The van der Waals surface area contributed by atoms with Gasteiger partial charge in [0.25, 0.3) is 0 Å². The van der Waals surface area contributed by atoms with Crippen LogP contribution < -0.4 is 0 Å². The molecule has 0 radical (unpaired) electrons. The number of ether oxygens (including phenoxy) is 3. The molecule has 0 aromatic rings. The van der Waals surface area contributed by atoms with Crippen molar-refractivity contribution >= 4 is 33.6 Å². The molecule has 0 aromatic heterocycles. The minimum Gasteiger partial charge on any atom is -0.463 e. The average molecular weight is 1650 g/mol. The minimum absolute atomic E-state index is 0.0860. The number of esters is 3. The maximum Gasteiger partial charge on any atom is 0.472 e. The molecule has 0 bridgehead atoms. The number of unbranched alkanes of at least 4 members (excludes halogenated alkanes) is 37. The summed E-state index contributed by atoms with van der Waals surface area (Å²) in [5.41, 5.74) is 0. The fourth-order valence-electron chi connectivity index (χ4n) is 12.3. The predicted molar refractivity (Wildman–Crippen MR) is 482 cm³/mol. The molecule has 660 valence electrons. The zero-order valence-corrected chi connectivity index (χ0v) is 74.5. The van der Waals surface area contributed by atoms with Gasteiger partial charge in [0.05, 0.1) is 26.4 Å². The molecule has 5 atom stereocenters. The van der Waals surface area contributed by atoms with E-state index in [0.29, 0.717) is 19.3 Å². The second-order valence-corrected chi connectivity index (χ2v) is 33.3. The number of hydrogen-bond acceptors (Lipinski definition) is 14. The predicted octanol–water partition coefficient (Wildman–Crippen LogP) is 28.1. The third kappa shape index (κ3) is 89.8. The lowest BCUT2D eigenvalue weighted by molar-refractivity contribution is -0.161. The number of rotatable bonds is 86. The van der Waals surface area contributed by atoms with E-state index in [9.17, 15) is 43.5 Å². The number of allylic oxidation sites excluding steroid dienone is 26. The van der Waals surface area contributed by atoms with Gasteiger partial charge in [0.15, 0.2) is 6.10 Å². The molecule has 0 spiro atoms. The van der Waals surface area contributed by atoms with E-state index in [2.05, 4.69) is 179 Å². The lowest BCUT2D eigenvalue weighted by atomic mass is 10.0. The first-order valence-electron chi connectivity index (χ1n) is 45.8. The molecule has 0 aliphatic rings. The van der Waals surface area contributed by atoms with Crippen LogP contribution in [0.2, 0.25) is 0 Å². The monoisotopic (exact) mass is 1650 g/mol. The molecule has 115 heavy (non-hydrogen) atoms. The Hall–Kier alpha value is -4.83. The smallest absolute Gasteiger partial charge is 0.463 e. The largest absolute Gasteiger partial charge is 0.472 e. The Bertz CT molecular complexity index is 2720. The van der Waals surface area contributed by atoms with Crippen molar-refractivity contribution in [1.82, 2.24) is 0 Å². The highest BCUT2D eigenvalue weighted by Crippen LogP contribution is 2.45. The van der Waals surface area contributed by atoms with Crippen molar-refractivity contribution in [2.24, 2.45) is 0 Å². The van der Waals surface area contributed by atoms with Gasteiger partial charge >= 0.3 is 33.6 Å². The molecule has 0 heterocycles. The summed E-state index contributed by atoms with van der Waals surface area (Å²) in [5, 5.41) is 20.7. The normalized spacial score (nSPS) is 14.5. The van der Waals surface area contributed by atoms with E-state index < -0.39 is 91.5 Å². The molecule has 0 saturated carbocycles. The van der Waals surface area contributed by atoms with E-state index in [-0.39, 0.29) is 19.3 Å². The highest BCUT2D eigenvalue weighted by Gasteiger charge is 2.29. The van der Waals surface area contributed by atoms with E-state index in [4.69, 9.17) is 32.3 Å². The average Bonchev–Trinajstić information content (AvgIpc) is 0.902. The highest BCUT2D eigenvalue weighted by molar-refractivity contribution is 7.47. The van der Waals surface area contributed by atoms with Crippen molar-refractivity contribution in [3.8, 4) is 0 Å². The number of hydrogen-bond donors (Lipinski definition) is 4. The molecular weight excluding hydrogens is 1480 g/mol. The molecular formula is C97H166O16P2. The molecule has 0 aliphatic heterocycles. The highest BCUT2D eigenvalue weighted by atomic mass is 31.2. The summed E-state index contributed by atoms with van der Waals surface area (Å²) in [6.45, 7) is 2.53. The first kappa shape index (κ1) is 110. The zero-order chi connectivity index (χ0) is 83.6. The molecule has 0 aromatic carbocycles.